The van der Waals surface area contributed by atoms with Gasteiger partial charge >= 0.3 is 0 Å². The third kappa shape index (κ3) is 4.68. The number of ether oxygens (including phenoxy) is 1. The first-order valence-corrected chi connectivity index (χ1v) is 10.0. The molecule has 12 nitrogen and oxygen atoms in total. The number of aliphatic hydroxyl groups excluding tert-OH is 3. The van der Waals surface area contributed by atoms with Crippen LogP contribution in [0.15, 0.2) is 12.7 Å². The molecule has 0 aromatic carbocycles. The molecule has 2 aromatic heterocycles. The quantitative estimate of drug-likeness (QED) is 0.234. The largest absolute Gasteiger partial charge is 0.394 e. The van der Waals surface area contributed by atoms with Crippen LogP contribution in [0.3, 0.4) is 0 Å². The van der Waals surface area contributed by atoms with Crippen LogP contribution in [0.2, 0.25) is 0 Å². The van der Waals surface area contributed by atoms with E-state index in [1.165, 1.54) is 17.2 Å². The number of nitrogens with two attached hydrogens (primary N) is 2. The summed E-state index contributed by atoms with van der Waals surface area (Å²) in [5.74, 6) is -0.167. The van der Waals surface area contributed by atoms with Crippen molar-refractivity contribution in [1.29, 1.82) is 0 Å². The summed E-state index contributed by atoms with van der Waals surface area (Å²) in [6, 6.07) is -0.625. The first-order chi connectivity index (χ1) is 14.5. The second-order valence-electron chi connectivity index (χ2n) is 7.37. The Bertz CT molecular complexity index is 847. The second kappa shape index (κ2) is 10.1. The number of aliphatic hydroxyl groups is 3. The minimum atomic E-state index is -1.27. The van der Waals surface area contributed by atoms with Crippen LogP contribution in [0, 0.1) is 0 Å². The minimum Gasteiger partial charge on any atom is -0.394 e. The molecule has 3 heterocycles. The van der Waals surface area contributed by atoms with E-state index in [1.54, 1.807) is 0 Å². The maximum Gasteiger partial charge on any atom is 0.239 e. The van der Waals surface area contributed by atoms with Gasteiger partial charge in [0.1, 0.15) is 30.7 Å². The fraction of sp³-hybridized carbons (Fsp3) is 0.667. The smallest absolute Gasteiger partial charge is 0.239 e. The summed E-state index contributed by atoms with van der Waals surface area (Å²) in [6.07, 6.45) is 2.54. The zero-order valence-corrected chi connectivity index (χ0v) is 16.6. The van der Waals surface area contributed by atoms with Gasteiger partial charge in [-0.25, -0.2) is 15.0 Å². The number of carbonyl (C=O) groups is 1. The number of primary amides is 1. The molecule has 0 bridgehead atoms. The zero-order chi connectivity index (χ0) is 21.7. The molecule has 2 aromatic rings. The Balaban J connectivity index is 1.77. The Hall–Kier alpha value is -2.38. The Labute approximate surface area is 173 Å². The van der Waals surface area contributed by atoms with Gasteiger partial charge in [0.05, 0.1) is 12.9 Å². The highest BCUT2D eigenvalue weighted by Gasteiger charge is 2.44. The number of fused-ring (bicyclic) bond motifs is 1. The van der Waals surface area contributed by atoms with Crippen LogP contribution in [0.4, 0.5) is 5.82 Å². The molecule has 0 saturated carbocycles. The molecule has 0 spiro atoms. The third-order valence-corrected chi connectivity index (χ3v) is 5.25. The standard InChI is InChI=1S/C18H29N7O5/c19-6-4-2-1-3-5-10(15(20)29)24-16-12-17(22-8-21-16)25(9-23-12)18-14(28)13(27)11(7-26)30-18/h8-11,13-14,18,26-28H,1-7,19H2,(H2,20,29)(H,21,22,24)/t10?,11-,13-,14-,18-/m1/s1. The van der Waals surface area contributed by atoms with E-state index in [4.69, 9.17) is 16.2 Å². The predicted molar refractivity (Wildman–Crippen MR) is 107 cm³/mol. The maximum absolute atomic E-state index is 11.9. The first-order valence-electron chi connectivity index (χ1n) is 10.0. The van der Waals surface area contributed by atoms with Crippen LogP contribution in [0.5, 0.6) is 0 Å². The number of carbonyl (C=O) groups excluding carboxylic acids is 1. The number of aromatic nitrogens is 4. The van der Waals surface area contributed by atoms with Crippen LogP contribution in [-0.2, 0) is 9.53 Å². The van der Waals surface area contributed by atoms with E-state index < -0.39 is 43.1 Å². The van der Waals surface area contributed by atoms with Gasteiger partial charge in [-0.2, -0.15) is 0 Å². The molecule has 166 valence electrons. The normalized spacial score (nSPS) is 24.9. The number of hydrogen-bond acceptors (Lipinski definition) is 10. The SMILES string of the molecule is NCCCCCCC(Nc1ncnc2c1ncn2[C@@H]1O[C@H](CO)[C@@H](O)[C@H]1O)C(N)=O. The third-order valence-electron chi connectivity index (χ3n) is 5.25. The first kappa shape index (κ1) is 22.3. The van der Waals surface area contributed by atoms with E-state index in [0.29, 0.717) is 29.9 Å². The fourth-order valence-electron chi connectivity index (χ4n) is 3.55. The monoisotopic (exact) mass is 423 g/mol. The molecule has 1 amide bonds. The van der Waals surface area contributed by atoms with Crippen LogP contribution < -0.4 is 16.8 Å². The van der Waals surface area contributed by atoms with E-state index in [2.05, 4.69) is 20.3 Å². The summed E-state index contributed by atoms with van der Waals surface area (Å²) < 4.78 is 7.00. The Kier molecular flexibility index (Phi) is 7.50. The van der Waals surface area contributed by atoms with Crippen molar-refractivity contribution in [3.05, 3.63) is 12.7 Å². The molecule has 1 unspecified atom stereocenters. The summed E-state index contributed by atoms with van der Waals surface area (Å²) in [5, 5.41) is 32.6. The van der Waals surface area contributed by atoms with Crippen LogP contribution in [0.25, 0.3) is 11.2 Å². The number of anilines is 1. The molecule has 30 heavy (non-hydrogen) atoms. The number of nitrogens with one attached hydrogen (secondary N) is 1. The van der Waals surface area contributed by atoms with E-state index in [1.807, 2.05) is 0 Å². The van der Waals surface area contributed by atoms with E-state index >= 15 is 0 Å². The van der Waals surface area contributed by atoms with Gasteiger partial charge in [-0.3, -0.25) is 9.36 Å². The van der Waals surface area contributed by atoms with Gasteiger partial charge in [-0.05, 0) is 19.4 Å². The van der Waals surface area contributed by atoms with Gasteiger partial charge < -0.3 is 36.8 Å². The lowest BCUT2D eigenvalue weighted by Gasteiger charge is -2.17. The number of imidazole rings is 1. The molecule has 1 aliphatic heterocycles. The van der Waals surface area contributed by atoms with Crippen molar-refractivity contribution >= 4 is 22.9 Å². The van der Waals surface area contributed by atoms with Gasteiger partial charge in [0.25, 0.3) is 0 Å². The van der Waals surface area contributed by atoms with E-state index in [0.717, 1.165) is 25.7 Å². The number of rotatable bonds is 11. The Morgan fingerprint density at radius 3 is 2.63 bits per heavy atom. The lowest BCUT2D eigenvalue weighted by molar-refractivity contribution is -0.118. The van der Waals surface area contributed by atoms with Crippen molar-refractivity contribution in [2.24, 2.45) is 11.5 Å². The van der Waals surface area contributed by atoms with Crippen LogP contribution in [-0.4, -0.2) is 78.3 Å². The Morgan fingerprint density at radius 2 is 1.97 bits per heavy atom. The van der Waals surface area contributed by atoms with Gasteiger partial charge in [-0.15, -0.1) is 0 Å². The molecule has 1 aliphatic rings. The number of nitrogens with zero attached hydrogens (tertiary/aromatic N) is 4. The molecule has 3 rings (SSSR count). The Morgan fingerprint density at radius 1 is 1.20 bits per heavy atom. The average Bonchev–Trinajstić information content (AvgIpc) is 3.28. The van der Waals surface area contributed by atoms with E-state index in [-0.39, 0.29) is 0 Å². The topological polar surface area (TPSA) is 195 Å². The summed E-state index contributed by atoms with van der Waals surface area (Å²) in [5.41, 5.74) is 11.7. The van der Waals surface area contributed by atoms with Crippen LogP contribution in [0.1, 0.15) is 38.3 Å². The van der Waals surface area contributed by atoms with Crippen LogP contribution >= 0.6 is 0 Å². The van der Waals surface area contributed by atoms with Crippen molar-refractivity contribution < 1.29 is 24.9 Å². The molecule has 5 atom stereocenters. The molecule has 1 fully saturated rings. The van der Waals surface area contributed by atoms with Gasteiger partial charge in [0, 0.05) is 0 Å². The summed E-state index contributed by atoms with van der Waals surface area (Å²) in [6.45, 7) is 0.212. The fourth-order valence-corrected chi connectivity index (χ4v) is 3.55. The molecule has 8 N–H and O–H groups in total. The molecule has 1 saturated heterocycles. The van der Waals surface area contributed by atoms with Crippen molar-refractivity contribution in [3.63, 3.8) is 0 Å². The second-order valence-corrected chi connectivity index (χ2v) is 7.37. The molecule has 0 aliphatic carbocycles. The maximum atomic E-state index is 11.9. The average molecular weight is 423 g/mol. The highest BCUT2D eigenvalue weighted by atomic mass is 16.6. The van der Waals surface area contributed by atoms with Crippen molar-refractivity contribution in [2.75, 3.05) is 18.5 Å². The van der Waals surface area contributed by atoms with Crippen molar-refractivity contribution in [3.8, 4) is 0 Å². The lowest BCUT2D eigenvalue weighted by Crippen LogP contribution is -2.35. The number of unbranched alkanes of at least 4 members (excludes halogenated alkanes) is 3. The summed E-state index contributed by atoms with van der Waals surface area (Å²) in [4.78, 5) is 24.5. The molecule has 0 radical (unpaired) electrons. The van der Waals surface area contributed by atoms with Crippen molar-refractivity contribution in [1.82, 2.24) is 19.5 Å². The number of hydrogen-bond donors (Lipinski definition) is 6. The van der Waals surface area contributed by atoms with Crippen molar-refractivity contribution in [2.45, 2.75) is 62.7 Å². The van der Waals surface area contributed by atoms with Gasteiger partial charge in [0.2, 0.25) is 5.91 Å². The molecular formula is C18H29N7O5. The number of amides is 1. The minimum absolute atomic E-state index is 0.330. The summed E-state index contributed by atoms with van der Waals surface area (Å²) >= 11 is 0. The lowest BCUT2D eigenvalue weighted by atomic mass is 10.1. The summed E-state index contributed by atoms with van der Waals surface area (Å²) in [7, 11) is 0. The molecular weight excluding hydrogens is 394 g/mol. The van der Waals surface area contributed by atoms with Gasteiger partial charge in [0.15, 0.2) is 23.2 Å². The highest BCUT2D eigenvalue weighted by Crippen LogP contribution is 2.32. The zero-order valence-electron chi connectivity index (χ0n) is 16.6. The van der Waals surface area contributed by atoms with Gasteiger partial charge in [-0.1, -0.05) is 19.3 Å². The predicted octanol–water partition coefficient (Wildman–Crippen LogP) is -1.39. The molecule has 12 heteroatoms. The highest BCUT2D eigenvalue weighted by molar-refractivity contribution is 5.88. The van der Waals surface area contributed by atoms with E-state index in [9.17, 15) is 20.1 Å².